The molecule has 6 heteroatoms. The summed E-state index contributed by atoms with van der Waals surface area (Å²) in [6.45, 7) is 4.77. The van der Waals surface area contributed by atoms with Crippen LogP contribution in [0.25, 0.3) is 10.3 Å². The Kier molecular flexibility index (Phi) is 2.91. The first-order chi connectivity index (χ1) is 10.6. The molecular weight excluding hydrogens is 300 g/mol. The van der Waals surface area contributed by atoms with Gasteiger partial charge in [0.05, 0.1) is 17.2 Å². The number of carbonyl (C=O) groups excluding carboxylic acids is 2. The van der Waals surface area contributed by atoms with Crippen molar-refractivity contribution in [1.29, 1.82) is 0 Å². The highest BCUT2D eigenvalue weighted by Crippen LogP contribution is 2.53. The monoisotopic (exact) mass is 316 g/mol. The fourth-order valence-electron chi connectivity index (χ4n) is 3.25. The second-order valence-corrected chi connectivity index (χ2v) is 7.10. The minimum absolute atomic E-state index is 0.0260. The van der Waals surface area contributed by atoms with Crippen molar-refractivity contribution in [3.05, 3.63) is 35.9 Å². The zero-order valence-corrected chi connectivity index (χ0v) is 12.8. The van der Waals surface area contributed by atoms with E-state index in [-0.39, 0.29) is 23.3 Å². The van der Waals surface area contributed by atoms with Crippen molar-refractivity contribution in [2.24, 2.45) is 5.41 Å². The van der Waals surface area contributed by atoms with Crippen molar-refractivity contribution in [2.45, 2.75) is 18.9 Å². The molecule has 2 fully saturated rings. The summed E-state index contributed by atoms with van der Waals surface area (Å²) in [6.07, 6.45) is 5.04. The van der Waals surface area contributed by atoms with E-state index in [1.165, 1.54) is 17.4 Å². The first kappa shape index (κ1) is 13.6. The van der Waals surface area contributed by atoms with Crippen LogP contribution in [0.1, 0.15) is 22.5 Å². The van der Waals surface area contributed by atoms with Crippen LogP contribution >= 0.6 is 11.3 Å². The maximum Gasteiger partial charge on any atom is 0.264 e. The van der Waals surface area contributed by atoms with Crippen LogP contribution < -0.4 is 5.32 Å². The van der Waals surface area contributed by atoms with E-state index in [2.05, 4.69) is 11.9 Å². The number of amides is 2. The molecule has 3 heterocycles. The van der Waals surface area contributed by atoms with Gasteiger partial charge in [0.1, 0.15) is 0 Å². The van der Waals surface area contributed by atoms with Crippen LogP contribution in [-0.4, -0.2) is 35.8 Å². The van der Waals surface area contributed by atoms with E-state index >= 15 is 0 Å². The number of furan rings is 1. The third kappa shape index (κ3) is 2.06. The molecule has 2 amide bonds. The maximum atomic E-state index is 12.7. The molecule has 0 aromatic carbocycles. The Labute approximate surface area is 131 Å². The Balaban J connectivity index is 1.53. The Hall–Kier alpha value is -2.08. The zero-order valence-electron chi connectivity index (χ0n) is 12.0. The molecule has 5 nitrogen and oxygen atoms in total. The van der Waals surface area contributed by atoms with Gasteiger partial charge in [-0.1, -0.05) is 17.9 Å². The number of hydrogen-bond donors (Lipinski definition) is 1. The van der Waals surface area contributed by atoms with Gasteiger partial charge < -0.3 is 14.6 Å². The first-order valence-corrected chi connectivity index (χ1v) is 8.12. The molecule has 1 unspecified atom stereocenters. The van der Waals surface area contributed by atoms with Gasteiger partial charge in [0.15, 0.2) is 4.90 Å². The van der Waals surface area contributed by atoms with E-state index in [0.29, 0.717) is 18.0 Å². The first-order valence-electron chi connectivity index (χ1n) is 7.30. The SMILES string of the molecule is C=CC(=O)NC1CN(C(=O)c2cc3ccoc3s2)CC12CC2. The number of nitrogens with zero attached hydrogens (tertiary/aromatic N) is 1. The van der Waals surface area contributed by atoms with Crippen LogP contribution in [0, 0.1) is 5.41 Å². The highest BCUT2D eigenvalue weighted by molar-refractivity contribution is 7.20. The van der Waals surface area contributed by atoms with Crippen molar-refractivity contribution < 1.29 is 14.0 Å². The number of hydrogen-bond acceptors (Lipinski definition) is 4. The molecule has 1 aliphatic carbocycles. The van der Waals surface area contributed by atoms with Gasteiger partial charge >= 0.3 is 0 Å². The van der Waals surface area contributed by atoms with Gasteiger partial charge in [0, 0.05) is 23.9 Å². The standard InChI is InChI=1S/C16H16N2O3S/c1-2-13(19)17-12-8-18(9-16(12)4-5-16)14(20)11-7-10-3-6-21-15(10)22-11/h2-3,6-7,12H,1,4-5,8-9H2,(H,17,19). The number of likely N-dealkylation sites (tertiary alicyclic amines) is 1. The minimum atomic E-state index is -0.167. The molecule has 1 saturated heterocycles. The summed E-state index contributed by atoms with van der Waals surface area (Å²) in [6, 6.07) is 3.77. The molecule has 1 N–H and O–H groups in total. The summed E-state index contributed by atoms with van der Waals surface area (Å²) < 4.78 is 5.33. The normalized spacial score (nSPS) is 22.2. The number of nitrogens with one attached hydrogen (secondary N) is 1. The lowest BCUT2D eigenvalue weighted by Gasteiger charge is -2.17. The summed E-state index contributed by atoms with van der Waals surface area (Å²) in [4.78, 5) is 27.6. The minimum Gasteiger partial charge on any atom is -0.454 e. The summed E-state index contributed by atoms with van der Waals surface area (Å²) in [5, 5.41) is 3.94. The van der Waals surface area contributed by atoms with Gasteiger partial charge in [0.25, 0.3) is 5.91 Å². The van der Waals surface area contributed by atoms with E-state index in [1.807, 2.05) is 17.0 Å². The van der Waals surface area contributed by atoms with Gasteiger partial charge in [-0.05, 0) is 31.1 Å². The smallest absolute Gasteiger partial charge is 0.264 e. The Morgan fingerprint density at radius 2 is 2.32 bits per heavy atom. The summed E-state index contributed by atoms with van der Waals surface area (Å²) in [5.74, 6) is -0.141. The number of rotatable bonds is 3. The van der Waals surface area contributed by atoms with E-state index in [1.54, 1.807) is 6.26 Å². The van der Waals surface area contributed by atoms with Crippen LogP contribution in [0.15, 0.2) is 35.5 Å². The highest BCUT2D eigenvalue weighted by Gasteiger charge is 2.56. The predicted octanol–water partition coefficient (Wildman–Crippen LogP) is 2.40. The van der Waals surface area contributed by atoms with Gasteiger partial charge in [0.2, 0.25) is 5.91 Å². The van der Waals surface area contributed by atoms with Gasteiger partial charge in [-0.15, -0.1) is 0 Å². The largest absolute Gasteiger partial charge is 0.454 e. The molecule has 1 spiro atoms. The molecule has 0 bridgehead atoms. The maximum absolute atomic E-state index is 12.7. The second kappa shape index (κ2) is 4.71. The Morgan fingerprint density at radius 3 is 3.00 bits per heavy atom. The highest BCUT2D eigenvalue weighted by atomic mass is 32.1. The van der Waals surface area contributed by atoms with Crippen molar-refractivity contribution in [3.8, 4) is 0 Å². The Bertz CT molecular complexity index is 743. The van der Waals surface area contributed by atoms with Gasteiger partial charge in [-0.25, -0.2) is 0 Å². The number of thiophene rings is 1. The molecular formula is C16H16N2O3S. The predicted molar refractivity (Wildman–Crippen MR) is 83.8 cm³/mol. The molecule has 22 heavy (non-hydrogen) atoms. The van der Waals surface area contributed by atoms with Crippen LogP contribution in [0.4, 0.5) is 0 Å². The molecule has 114 valence electrons. The molecule has 4 rings (SSSR count). The quantitative estimate of drug-likeness (QED) is 0.885. The van der Waals surface area contributed by atoms with Gasteiger partial charge in [-0.2, -0.15) is 0 Å². The zero-order chi connectivity index (χ0) is 15.3. The lowest BCUT2D eigenvalue weighted by atomic mass is 10.0. The van der Waals surface area contributed by atoms with E-state index < -0.39 is 0 Å². The average molecular weight is 316 g/mol. The van der Waals surface area contributed by atoms with Crippen molar-refractivity contribution in [2.75, 3.05) is 13.1 Å². The fourth-order valence-corrected chi connectivity index (χ4v) is 4.20. The molecule has 1 aliphatic heterocycles. The second-order valence-electron chi connectivity index (χ2n) is 6.09. The molecule has 2 aromatic heterocycles. The number of carbonyl (C=O) groups is 2. The molecule has 2 aromatic rings. The molecule has 2 aliphatic rings. The summed E-state index contributed by atoms with van der Waals surface area (Å²) in [5.41, 5.74) is 0.0741. The third-order valence-electron chi connectivity index (χ3n) is 4.69. The van der Waals surface area contributed by atoms with Crippen molar-refractivity contribution in [3.63, 3.8) is 0 Å². The Morgan fingerprint density at radius 1 is 1.50 bits per heavy atom. The van der Waals surface area contributed by atoms with Crippen LogP contribution in [0.3, 0.4) is 0 Å². The molecule has 1 saturated carbocycles. The topological polar surface area (TPSA) is 62.6 Å². The fraction of sp³-hybridized carbons (Fsp3) is 0.375. The molecule has 0 radical (unpaired) electrons. The molecule has 1 atom stereocenters. The van der Waals surface area contributed by atoms with Crippen LogP contribution in [0.5, 0.6) is 0 Å². The van der Waals surface area contributed by atoms with E-state index in [0.717, 1.165) is 23.1 Å². The number of fused-ring (bicyclic) bond motifs is 1. The third-order valence-corrected chi connectivity index (χ3v) is 5.72. The van der Waals surface area contributed by atoms with E-state index in [4.69, 9.17) is 4.42 Å². The van der Waals surface area contributed by atoms with Crippen molar-refractivity contribution in [1.82, 2.24) is 10.2 Å². The van der Waals surface area contributed by atoms with Crippen LogP contribution in [0.2, 0.25) is 0 Å². The lowest BCUT2D eigenvalue weighted by Crippen LogP contribution is -2.40. The summed E-state index contributed by atoms with van der Waals surface area (Å²) in [7, 11) is 0. The average Bonchev–Trinajstić information content (AvgIpc) is 2.84. The van der Waals surface area contributed by atoms with Crippen LogP contribution in [-0.2, 0) is 4.79 Å². The van der Waals surface area contributed by atoms with Gasteiger partial charge in [-0.3, -0.25) is 9.59 Å². The van der Waals surface area contributed by atoms with Crippen molar-refractivity contribution >= 4 is 33.4 Å². The van der Waals surface area contributed by atoms with E-state index in [9.17, 15) is 9.59 Å². The summed E-state index contributed by atoms with van der Waals surface area (Å²) >= 11 is 1.38. The lowest BCUT2D eigenvalue weighted by molar-refractivity contribution is -0.117.